The Kier molecular flexibility index (Phi) is 7.71. The molecular weight excluding hydrogens is 531 g/mol. The minimum atomic E-state index is -4.53. The number of ether oxygens (including phenoxy) is 1. The molecule has 13 heteroatoms. The lowest BCUT2D eigenvalue weighted by atomic mass is 10.1. The summed E-state index contributed by atoms with van der Waals surface area (Å²) in [7, 11) is -2.25. The third-order valence-corrected chi connectivity index (χ3v) is 12.0. The smallest absolute Gasteiger partial charge is 0.416 e. The van der Waals surface area contributed by atoms with Crippen molar-refractivity contribution in [2.45, 2.75) is 58.6 Å². The predicted molar refractivity (Wildman–Crippen MR) is 144 cm³/mol. The van der Waals surface area contributed by atoms with Gasteiger partial charge in [0.25, 0.3) is 0 Å². The molecule has 0 aliphatic carbocycles. The molecule has 0 bridgehead atoms. The number of morpholine rings is 1. The number of carboxylic acid groups (broad SMARTS) is 1. The number of hydrogen-bond acceptors (Lipinski definition) is 7. The van der Waals surface area contributed by atoms with Crippen LogP contribution in [-0.2, 0) is 21.9 Å². The second kappa shape index (κ2) is 10.4. The lowest BCUT2D eigenvalue weighted by molar-refractivity contribution is -0.138. The van der Waals surface area contributed by atoms with Gasteiger partial charge in [-0.1, -0.05) is 26.8 Å². The first-order valence-electron chi connectivity index (χ1n) is 12.7. The van der Waals surface area contributed by atoms with Crippen molar-refractivity contribution in [3.63, 3.8) is 0 Å². The molecule has 2 N–H and O–H groups in total. The molecule has 1 saturated heterocycles. The monoisotopic (exact) mass is 565 g/mol. The van der Waals surface area contributed by atoms with Gasteiger partial charge in [0.15, 0.2) is 25.6 Å². The van der Waals surface area contributed by atoms with Crippen LogP contribution in [0.2, 0.25) is 18.1 Å². The van der Waals surface area contributed by atoms with Crippen molar-refractivity contribution < 1.29 is 32.2 Å². The highest BCUT2D eigenvalue weighted by molar-refractivity contribution is 6.74. The summed E-state index contributed by atoms with van der Waals surface area (Å²) in [5.41, 5.74) is -0.219. The number of rotatable bonds is 7. The highest BCUT2D eigenvalue weighted by atomic mass is 28.4. The summed E-state index contributed by atoms with van der Waals surface area (Å²) in [5.74, 6) is -0.536. The number of nitrogens with zero attached hydrogens (tertiary/aromatic N) is 4. The summed E-state index contributed by atoms with van der Waals surface area (Å²) < 4.78 is 54.1. The SMILES string of the molecule is Cc1c(Nc2c(CO[Si](C)(C)C(C)(C)C)nc3c(C(=O)O)cc(N4CCOCC4)nn23)cccc1C(F)(F)F. The summed E-state index contributed by atoms with van der Waals surface area (Å²) >= 11 is 0. The molecule has 1 aliphatic heterocycles. The lowest BCUT2D eigenvalue weighted by Gasteiger charge is -2.36. The van der Waals surface area contributed by atoms with Gasteiger partial charge in [-0.3, -0.25) is 0 Å². The molecule has 2 aromatic heterocycles. The van der Waals surface area contributed by atoms with Crippen molar-refractivity contribution in [1.82, 2.24) is 14.6 Å². The fraction of sp³-hybridized carbons (Fsp3) is 0.500. The molecule has 212 valence electrons. The molecule has 0 spiro atoms. The van der Waals surface area contributed by atoms with E-state index in [2.05, 4.69) is 49.3 Å². The molecule has 39 heavy (non-hydrogen) atoms. The average molecular weight is 566 g/mol. The molecule has 0 saturated carbocycles. The number of anilines is 3. The molecule has 1 aromatic carbocycles. The van der Waals surface area contributed by atoms with E-state index < -0.39 is 26.0 Å². The van der Waals surface area contributed by atoms with Crippen LogP contribution in [0.1, 0.15) is 48.0 Å². The van der Waals surface area contributed by atoms with Crippen LogP contribution in [-0.4, -0.2) is 60.3 Å². The minimum absolute atomic E-state index is 0.000920. The molecule has 9 nitrogen and oxygen atoms in total. The van der Waals surface area contributed by atoms with E-state index in [0.717, 1.165) is 6.07 Å². The molecule has 0 unspecified atom stereocenters. The van der Waals surface area contributed by atoms with Gasteiger partial charge in [0.1, 0.15) is 11.3 Å². The molecule has 1 aliphatic rings. The molecule has 3 heterocycles. The molecule has 1 fully saturated rings. The first kappa shape index (κ1) is 28.8. The Balaban J connectivity index is 1.89. The van der Waals surface area contributed by atoms with E-state index in [1.165, 1.54) is 29.6 Å². The van der Waals surface area contributed by atoms with Crippen LogP contribution >= 0.6 is 0 Å². The largest absolute Gasteiger partial charge is 0.478 e. The predicted octanol–water partition coefficient (Wildman–Crippen LogP) is 5.86. The van der Waals surface area contributed by atoms with E-state index in [4.69, 9.17) is 9.16 Å². The Morgan fingerprint density at radius 1 is 1.21 bits per heavy atom. The topological polar surface area (TPSA) is 101 Å². The Labute approximate surface area is 226 Å². The van der Waals surface area contributed by atoms with Gasteiger partial charge >= 0.3 is 12.1 Å². The van der Waals surface area contributed by atoms with E-state index in [1.54, 1.807) is 0 Å². The van der Waals surface area contributed by atoms with Crippen molar-refractivity contribution in [1.29, 1.82) is 0 Å². The summed E-state index contributed by atoms with van der Waals surface area (Å²) in [5, 5.41) is 17.7. The molecule has 0 amide bonds. The Bertz CT molecular complexity index is 1380. The molecule has 3 aromatic rings. The first-order chi connectivity index (χ1) is 18.1. The quantitative estimate of drug-likeness (QED) is 0.344. The maximum absolute atomic E-state index is 13.6. The molecule has 0 radical (unpaired) electrons. The van der Waals surface area contributed by atoms with Gasteiger partial charge in [-0.05, 0) is 42.8 Å². The van der Waals surface area contributed by atoms with Crippen molar-refractivity contribution in [2.75, 3.05) is 36.5 Å². The Hall–Kier alpha value is -3.16. The summed E-state index contributed by atoms with van der Waals surface area (Å²) in [4.78, 5) is 18.8. The number of nitrogens with one attached hydrogen (secondary N) is 1. The van der Waals surface area contributed by atoms with Crippen LogP contribution in [0.25, 0.3) is 5.65 Å². The molecule has 4 rings (SSSR count). The molecular formula is C26H34F3N5O4Si. The summed E-state index contributed by atoms with van der Waals surface area (Å²) in [6, 6.07) is 5.34. The Morgan fingerprint density at radius 2 is 1.87 bits per heavy atom. The fourth-order valence-corrected chi connectivity index (χ4v) is 4.98. The van der Waals surface area contributed by atoms with Crippen LogP contribution < -0.4 is 10.2 Å². The van der Waals surface area contributed by atoms with Crippen molar-refractivity contribution in [3.05, 3.63) is 46.6 Å². The second-order valence-electron chi connectivity index (χ2n) is 11.1. The number of fused-ring (bicyclic) bond motifs is 1. The van der Waals surface area contributed by atoms with Gasteiger partial charge in [0.05, 0.1) is 25.4 Å². The second-order valence-corrected chi connectivity index (χ2v) is 15.9. The fourth-order valence-electron chi connectivity index (χ4n) is 4.05. The van der Waals surface area contributed by atoms with E-state index >= 15 is 0 Å². The van der Waals surface area contributed by atoms with Gasteiger partial charge in [-0.25, -0.2) is 9.78 Å². The van der Waals surface area contributed by atoms with E-state index in [-0.39, 0.29) is 39.9 Å². The van der Waals surface area contributed by atoms with Gasteiger partial charge in [0.2, 0.25) is 0 Å². The maximum atomic E-state index is 13.6. The molecule has 0 atom stereocenters. The Morgan fingerprint density at radius 3 is 2.46 bits per heavy atom. The lowest BCUT2D eigenvalue weighted by Crippen LogP contribution is -2.40. The number of carboxylic acids is 1. The van der Waals surface area contributed by atoms with Gasteiger partial charge < -0.3 is 24.5 Å². The van der Waals surface area contributed by atoms with Crippen molar-refractivity contribution in [2.24, 2.45) is 0 Å². The normalized spacial score (nSPS) is 15.2. The van der Waals surface area contributed by atoms with Crippen molar-refractivity contribution >= 4 is 37.3 Å². The number of alkyl halides is 3. The number of aromatic nitrogens is 3. The highest BCUT2D eigenvalue weighted by Crippen LogP contribution is 2.39. The standard InChI is InChI=1S/C26H34F3N5O4Si/c1-16-18(26(27,28)29)8-7-9-19(16)30-23-20(15-38-39(5,6)25(2,3)4)31-22-17(24(35)36)14-21(32-34(22)23)33-10-12-37-13-11-33/h7-9,14,30H,10-13,15H2,1-6H3,(H,35,36). The number of aromatic carboxylic acids is 1. The number of benzene rings is 1. The van der Waals surface area contributed by atoms with Gasteiger partial charge in [-0.15, -0.1) is 5.10 Å². The highest BCUT2D eigenvalue weighted by Gasteiger charge is 2.38. The van der Waals surface area contributed by atoms with Crippen LogP contribution in [0.5, 0.6) is 0 Å². The van der Waals surface area contributed by atoms with Crippen LogP contribution in [0.15, 0.2) is 24.3 Å². The number of imidazole rings is 1. The van der Waals surface area contributed by atoms with Gasteiger partial charge in [-0.2, -0.15) is 17.7 Å². The number of hydrogen-bond donors (Lipinski definition) is 2. The zero-order valence-electron chi connectivity index (χ0n) is 22.9. The van der Waals surface area contributed by atoms with E-state index in [9.17, 15) is 23.1 Å². The maximum Gasteiger partial charge on any atom is 0.416 e. The third kappa shape index (κ3) is 5.89. The van der Waals surface area contributed by atoms with E-state index in [1.807, 2.05) is 4.90 Å². The van der Waals surface area contributed by atoms with Gasteiger partial charge in [0, 0.05) is 24.8 Å². The van der Waals surface area contributed by atoms with E-state index in [0.29, 0.717) is 37.8 Å². The summed E-state index contributed by atoms with van der Waals surface area (Å²) in [6.07, 6.45) is -4.53. The van der Waals surface area contributed by atoms with Crippen LogP contribution in [0.4, 0.5) is 30.5 Å². The first-order valence-corrected chi connectivity index (χ1v) is 15.6. The summed E-state index contributed by atoms with van der Waals surface area (Å²) in [6.45, 7) is 13.8. The minimum Gasteiger partial charge on any atom is -0.478 e. The average Bonchev–Trinajstić information content (AvgIpc) is 3.19. The third-order valence-electron chi connectivity index (χ3n) is 7.48. The zero-order chi connectivity index (χ0) is 28.8. The number of carbonyl (C=O) groups is 1. The van der Waals surface area contributed by atoms with Crippen LogP contribution in [0, 0.1) is 6.92 Å². The zero-order valence-corrected chi connectivity index (χ0v) is 23.9. The number of halogens is 3. The van der Waals surface area contributed by atoms with Crippen molar-refractivity contribution in [3.8, 4) is 0 Å². The van der Waals surface area contributed by atoms with Crippen LogP contribution in [0.3, 0.4) is 0 Å².